The highest BCUT2D eigenvalue weighted by molar-refractivity contribution is 6.09. The number of carbonyl (C=O) groups excluding carboxylic acids is 2. The van der Waals surface area contributed by atoms with Crippen molar-refractivity contribution in [2.75, 3.05) is 0 Å². The van der Waals surface area contributed by atoms with Gasteiger partial charge in [0.1, 0.15) is 17.1 Å². The minimum absolute atomic E-state index is 0.0676. The summed E-state index contributed by atoms with van der Waals surface area (Å²) in [5.41, 5.74) is 2.89. The molecular weight excluding hydrogens is 380 g/mol. The van der Waals surface area contributed by atoms with Gasteiger partial charge in [0.05, 0.1) is 0 Å². The van der Waals surface area contributed by atoms with Crippen LogP contribution in [0, 0.1) is 13.8 Å². The number of unbranched alkanes of at least 4 members (excludes halogenated alkanes) is 3. The van der Waals surface area contributed by atoms with Gasteiger partial charge in [0, 0.05) is 23.6 Å². The van der Waals surface area contributed by atoms with Crippen LogP contribution in [0.1, 0.15) is 89.8 Å². The Morgan fingerprint density at radius 3 is 2.40 bits per heavy atom. The van der Waals surface area contributed by atoms with Crippen molar-refractivity contribution in [3.63, 3.8) is 0 Å². The van der Waals surface area contributed by atoms with Gasteiger partial charge >= 0.3 is 5.97 Å². The van der Waals surface area contributed by atoms with Crippen LogP contribution in [0.2, 0.25) is 0 Å². The maximum Gasteiger partial charge on any atom is 0.348 e. The van der Waals surface area contributed by atoms with Crippen LogP contribution in [-0.2, 0) is 6.42 Å². The third-order valence-corrected chi connectivity index (χ3v) is 5.56. The highest BCUT2D eigenvalue weighted by Crippen LogP contribution is 2.46. The lowest BCUT2D eigenvalue weighted by molar-refractivity contribution is 0.0731. The van der Waals surface area contributed by atoms with Crippen LogP contribution >= 0.6 is 0 Å². The lowest BCUT2D eigenvalue weighted by Gasteiger charge is -2.16. The number of Topliss-reactive ketones (excluding diaryl/α,β-unsaturated/α-hetero) is 1. The number of hydrogen-bond donors (Lipinski definition) is 1. The van der Waals surface area contributed by atoms with Gasteiger partial charge in [-0.15, -0.1) is 0 Å². The van der Waals surface area contributed by atoms with E-state index < -0.39 is 5.97 Å². The second-order valence-corrected chi connectivity index (χ2v) is 7.99. The highest BCUT2D eigenvalue weighted by Gasteiger charge is 2.31. The van der Waals surface area contributed by atoms with Gasteiger partial charge in [-0.05, 0) is 56.4 Å². The average molecular weight is 411 g/mol. The molecule has 0 saturated heterocycles. The molecule has 0 fully saturated rings. The zero-order chi connectivity index (χ0) is 21.8. The summed E-state index contributed by atoms with van der Waals surface area (Å²) in [5, 5.41) is 10.4. The molecule has 0 radical (unpaired) electrons. The van der Waals surface area contributed by atoms with E-state index in [0.29, 0.717) is 29.9 Å². The van der Waals surface area contributed by atoms with Crippen LogP contribution in [-0.4, -0.2) is 16.9 Å². The molecular formula is C25H30O5. The number of aryl methyl sites for hydroxylation is 1. The van der Waals surface area contributed by atoms with Crippen LogP contribution in [0.3, 0.4) is 0 Å². The quantitative estimate of drug-likeness (QED) is 0.235. The molecule has 0 bridgehead atoms. The van der Waals surface area contributed by atoms with Crippen molar-refractivity contribution in [3.8, 4) is 23.0 Å². The third-order valence-electron chi connectivity index (χ3n) is 5.56. The van der Waals surface area contributed by atoms with Gasteiger partial charge in [0.25, 0.3) is 0 Å². The molecule has 0 saturated carbocycles. The van der Waals surface area contributed by atoms with Crippen LogP contribution in [0.15, 0.2) is 18.2 Å². The Morgan fingerprint density at radius 1 is 0.967 bits per heavy atom. The molecule has 3 rings (SSSR count). The number of ether oxygens (including phenoxy) is 2. The topological polar surface area (TPSA) is 72.8 Å². The Kier molecular flexibility index (Phi) is 6.80. The molecule has 0 aromatic heterocycles. The molecule has 2 aromatic carbocycles. The summed E-state index contributed by atoms with van der Waals surface area (Å²) >= 11 is 0. The first-order valence-electron chi connectivity index (χ1n) is 10.8. The maximum atomic E-state index is 13.0. The molecule has 1 N–H and O–H groups in total. The van der Waals surface area contributed by atoms with E-state index in [0.717, 1.165) is 48.8 Å². The Hall–Kier alpha value is -2.82. The van der Waals surface area contributed by atoms with Gasteiger partial charge in [-0.2, -0.15) is 0 Å². The smallest absolute Gasteiger partial charge is 0.348 e. The van der Waals surface area contributed by atoms with E-state index >= 15 is 0 Å². The molecule has 5 heteroatoms. The monoisotopic (exact) mass is 410 g/mol. The summed E-state index contributed by atoms with van der Waals surface area (Å²) in [6, 6.07) is 4.91. The van der Waals surface area contributed by atoms with Crippen molar-refractivity contribution in [1.29, 1.82) is 0 Å². The van der Waals surface area contributed by atoms with Crippen LogP contribution in [0.4, 0.5) is 0 Å². The molecule has 0 amide bonds. The van der Waals surface area contributed by atoms with E-state index in [1.165, 1.54) is 6.07 Å². The summed E-state index contributed by atoms with van der Waals surface area (Å²) in [5.74, 6) is 0.316. The first-order chi connectivity index (χ1) is 14.4. The molecule has 30 heavy (non-hydrogen) atoms. The molecule has 0 unspecified atom stereocenters. The van der Waals surface area contributed by atoms with Gasteiger partial charge in [-0.3, -0.25) is 4.79 Å². The third kappa shape index (κ3) is 4.35. The summed E-state index contributed by atoms with van der Waals surface area (Å²) in [4.78, 5) is 25.8. The van der Waals surface area contributed by atoms with E-state index in [-0.39, 0.29) is 22.8 Å². The number of phenols is 1. The van der Waals surface area contributed by atoms with Gasteiger partial charge in [-0.1, -0.05) is 33.1 Å². The Morgan fingerprint density at radius 2 is 1.70 bits per heavy atom. The molecule has 5 nitrogen and oxygen atoms in total. The summed E-state index contributed by atoms with van der Waals surface area (Å²) < 4.78 is 11.9. The fourth-order valence-corrected chi connectivity index (χ4v) is 3.81. The minimum Gasteiger partial charge on any atom is -0.508 e. The van der Waals surface area contributed by atoms with Gasteiger partial charge < -0.3 is 14.6 Å². The summed E-state index contributed by atoms with van der Waals surface area (Å²) in [6.07, 6.45) is 5.78. The van der Waals surface area contributed by atoms with E-state index in [4.69, 9.17) is 9.47 Å². The lowest BCUT2D eigenvalue weighted by Crippen LogP contribution is -2.14. The van der Waals surface area contributed by atoms with Crippen molar-refractivity contribution in [2.24, 2.45) is 0 Å². The molecule has 0 aliphatic carbocycles. The van der Waals surface area contributed by atoms with E-state index in [9.17, 15) is 14.7 Å². The normalized spacial score (nSPS) is 12.5. The van der Waals surface area contributed by atoms with Crippen LogP contribution in [0.5, 0.6) is 23.0 Å². The van der Waals surface area contributed by atoms with Crippen LogP contribution < -0.4 is 9.47 Å². The molecule has 160 valence electrons. The minimum atomic E-state index is -0.633. The molecule has 1 aliphatic heterocycles. The fourth-order valence-electron chi connectivity index (χ4n) is 3.81. The van der Waals surface area contributed by atoms with E-state index in [1.807, 2.05) is 20.8 Å². The first-order valence-corrected chi connectivity index (χ1v) is 10.8. The highest BCUT2D eigenvalue weighted by atomic mass is 16.6. The Bertz CT molecular complexity index is 974. The van der Waals surface area contributed by atoms with Gasteiger partial charge in [-0.25, -0.2) is 4.79 Å². The van der Waals surface area contributed by atoms with Crippen molar-refractivity contribution in [3.05, 3.63) is 46.0 Å². The summed E-state index contributed by atoms with van der Waals surface area (Å²) in [7, 11) is 0. The molecule has 0 spiro atoms. The molecule has 1 aliphatic rings. The van der Waals surface area contributed by atoms with E-state index in [1.54, 1.807) is 12.1 Å². The standard InChI is InChI=1S/C25H30O5/c1-5-7-9-10-17-16(4)20(27)14-22-24(17)29-21-13-15(3)12-18(19(26)11-8-6-2)23(21)25(28)30-22/h12-14,27H,5-11H2,1-4H3. The number of aromatic hydroxyl groups is 1. The number of ketones is 1. The predicted molar refractivity (Wildman–Crippen MR) is 116 cm³/mol. The SMILES string of the molecule is CCCCCc1c(C)c(O)cc2c1Oc1cc(C)cc(C(=O)CCCC)c1C(=O)O2. The van der Waals surface area contributed by atoms with Gasteiger partial charge in [0.15, 0.2) is 17.3 Å². The largest absolute Gasteiger partial charge is 0.508 e. The lowest BCUT2D eigenvalue weighted by atomic mass is 9.97. The van der Waals surface area contributed by atoms with Crippen molar-refractivity contribution < 1.29 is 24.2 Å². The van der Waals surface area contributed by atoms with E-state index in [2.05, 4.69) is 6.92 Å². The van der Waals surface area contributed by atoms with Gasteiger partial charge in [0.2, 0.25) is 0 Å². The number of phenolic OH excluding ortho intramolecular Hbond substituents is 1. The Labute approximate surface area is 178 Å². The fraction of sp³-hybridized carbons (Fsp3) is 0.440. The van der Waals surface area contributed by atoms with Crippen LogP contribution in [0.25, 0.3) is 0 Å². The second kappa shape index (κ2) is 9.33. The van der Waals surface area contributed by atoms with Crippen molar-refractivity contribution in [1.82, 2.24) is 0 Å². The first kappa shape index (κ1) is 21.9. The number of esters is 1. The Balaban J connectivity index is 2.12. The molecule has 0 atom stereocenters. The number of hydrogen-bond acceptors (Lipinski definition) is 5. The zero-order valence-corrected chi connectivity index (χ0v) is 18.3. The predicted octanol–water partition coefficient (Wildman–Crippen LogP) is 6.44. The molecule has 1 heterocycles. The second-order valence-electron chi connectivity index (χ2n) is 7.99. The molecule has 2 aromatic rings. The van der Waals surface area contributed by atoms with Crippen molar-refractivity contribution >= 4 is 11.8 Å². The number of rotatable bonds is 8. The number of benzene rings is 2. The number of carbonyl (C=O) groups is 2. The zero-order valence-electron chi connectivity index (χ0n) is 18.3. The van der Waals surface area contributed by atoms with Crippen molar-refractivity contribution in [2.45, 2.75) is 72.6 Å². The maximum absolute atomic E-state index is 13.0. The number of fused-ring (bicyclic) bond motifs is 2. The average Bonchev–Trinajstić information content (AvgIpc) is 2.84. The summed E-state index contributed by atoms with van der Waals surface area (Å²) in [6.45, 7) is 7.86.